The number of amides is 1. The predicted molar refractivity (Wildman–Crippen MR) is 103 cm³/mol. The van der Waals surface area contributed by atoms with Crippen LogP contribution in [0.2, 0.25) is 0 Å². The topological polar surface area (TPSA) is 59.4 Å². The van der Waals surface area contributed by atoms with E-state index in [9.17, 15) is 13.2 Å². The molecule has 1 amide bonds. The number of para-hydroxylation sites is 1. The first-order valence-electron chi connectivity index (χ1n) is 8.46. The standard InChI is InChI=1S/C18H24N2O3S2/c1-19-11-17(15-7-3-4-8-16(15)19)24-12-18(21)20-9-5-6-14(10-20)13-25(2,22)23/h3-4,7-8,11,14H,5-6,9-10,12-13H2,1-2H3/t14-/m0/s1. The highest BCUT2D eigenvalue weighted by molar-refractivity contribution is 8.00. The van der Waals surface area contributed by atoms with E-state index < -0.39 is 9.84 Å². The van der Waals surface area contributed by atoms with Crippen molar-refractivity contribution in [2.75, 3.05) is 30.9 Å². The van der Waals surface area contributed by atoms with Gasteiger partial charge in [0.2, 0.25) is 5.91 Å². The lowest BCUT2D eigenvalue weighted by molar-refractivity contribution is -0.129. The van der Waals surface area contributed by atoms with Crippen molar-refractivity contribution in [3.8, 4) is 0 Å². The summed E-state index contributed by atoms with van der Waals surface area (Å²) >= 11 is 1.56. The quantitative estimate of drug-likeness (QED) is 0.748. The molecule has 5 nitrogen and oxygen atoms in total. The van der Waals surface area contributed by atoms with Gasteiger partial charge in [-0.15, -0.1) is 11.8 Å². The molecule has 136 valence electrons. The second kappa shape index (κ2) is 7.41. The SMILES string of the molecule is Cn1cc(SCC(=O)N2CCC[C@H](CS(C)(=O)=O)C2)c2ccccc21. The summed E-state index contributed by atoms with van der Waals surface area (Å²) in [4.78, 5) is 15.5. The van der Waals surface area contributed by atoms with Crippen LogP contribution < -0.4 is 0 Å². The molecule has 1 aromatic heterocycles. The van der Waals surface area contributed by atoms with Gasteiger partial charge in [0, 0.05) is 48.4 Å². The van der Waals surface area contributed by atoms with Crippen molar-refractivity contribution in [2.45, 2.75) is 17.7 Å². The maximum Gasteiger partial charge on any atom is 0.232 e. The van der Waals surface area contributed by atoms with Crippen LogP contribution in [0.15, 0.2) is 35.4 Å². The van der Waals surface area contributed by atoms with E-state index in [2.05, 4.69) is 22.9 Å². The molecule has 1 aliphatic rings. The van der Waals surface area contributed by atoms with E-state index in [-0.39, 0.29) is 17.6 Å². The monoisotopic (exact) mass is 380 g/mol. The zero-order chi connectivity index (χ0) is 18.0. The number of likely N-dealkylation sites (tertiary alicyclic amines) is 1. The number of benzene rings is 1. The third-order valence-electron chi connectivity index (χ3n) is 4.62. The first-order chi connectivity index (χ1) is 11.8. The van der Waals surface area contributed by atoms with Crippen molar-refractivity contribution < 1.29 is 13.2 Å². The summed E-state index contributed by atoms with van der Waals surface area (Å²) in [6, 6.07) is 8.17. The molecule has 0 bridgehead atoms. The zero-order valence-electron chi connectivity index (χ0n) is 14.6. The number of piperidine rings is 1. The minimum Gasteiger partial charge on any atom is -0.349 e. The Bertz CT molecular complexity index is 874. The van der Waals surface area contributed by atoms with Gasteiger partial charge in [-0.05, 0) is 24.8 Å². The number of hydrogen-bond acceptors (Lipinski definition) is 4. The smallest absolute Gasteiger partial charge is 0.232 e. The summed E-state index contributed by atoms with van der Waals surface area (Å²) in [6.07, 6.45) is 5.09. The molecule has 1 fully saturated rings. The van der Waals surface area contributed by atoms with Gasteiger partial charge in [0.05, 0.1) is 11.5 Å². The molecule has 0 radical (unpaired) electrons. The highest BCUT2D eigenvalue weighted by Gasteiger charge is 2.26. The number of rotatable bonds is 5. The molecule has 2 aromatic rings. The van der Waals surface area contributed by atoms with Gasteiger partial charge in [0.15, 0.2) is 0 Å². The molecular weight excluding hydrogens is 356 g/mol. The molecule has 1 aliphatic heterocycles. The van der Waals surface area contributed by atoms with Crippen LogP contribution in [0.1, 0.15) is 12.8 Å². The number of nitrogens with zero attached hydrogens (tertiary/aromatic N) is 2. The van der Waals surface area contributed by atoms with E-state index in [1.54, 1.807) is 11.8 Å². The molecule has 0 unspecified atom stereocenters. The Labute approximate surface area is 153 Å². The first kappa shape index (κ1) is 18.3. The van der Waals surface area contributed by atoms with Crippen LogP contribution in [0.25, 0.3) is 10.9 Å². The number of hydrogen-bond donors (Lipinski definition) is 0. The van der Waals surface area contributed by atoms with Crippen LogP contribution in [0.4, 0.5) is 0 Å². The van der Waals surface area contributed by atoms with Crippen LogP contribution in [0, 0.1) is 5.92 Å². The zero-order valence-corrected chi connectivity index (χ0v) is 16.3. The maximum absolute atomic E-state index is 12.6. The summed E-state index contributed by atoms with van der Waals surface area (Å²) in [5.41, 5.74) is 1.16. The molecule has 7 heteroatoms. The minimum absolute atomic E-state index is 0.0651. The predicted octanol–water partition coefficient (Wildman–Crippen LogP) is 2.55. The van der Waals surface area contributed by atoms with E-state index in [4.69, 9.17) is 0 Å². The summed E-state index contributed by atoms with van der Waals surface area (Å²) < 4.78 is 25.1. The Balaban J connectivity index is 1.62. The van der Waals surface area contributed by atoms with Crippen molar-refractivity contribution in [3.05, 3.63) is 30.5 Å². The fraction of sp³-hybridized carbons (Fsp3) is 0.500. The summed E-state index contributed by atoms with van der Waals surface area (Å²) in [5.74, 6) is 0.721. The molecule has 2 heterocycles. The largest absolute Gasteiger partial charge is 0.349 e. The van der Waals surface area contributed by atoms with Crippen LogP contribution in [-0.4, -0.2) is 54.6 Å². The molecule has 0 aliphatic carbocycles. The molecular formula is C18H24N2O3S2. The molecule has 3 rings (SSSR count). The lowest BCUT2D eigenvalue weighted by Gasteiger charge is -2.32. The van der Waals surface area contributed by atoms with Crippen LogP contribution >= 0.6 is 11.8 Å². The molecule has 0 spiro atoms. The van der Waals surface area contributed by atoms with E-state index in [1.165, 1.54) is 6.26 Å². The average molecular weight is 381 g/mol. The van der Waals surface area contributed by atoms with E-state index >= 15 is 0 Å². The van der Waals surface area contributed by atoms with Gasteiger partial charge >= 0.3 is 0 Å². The number of thioether (sulfide) groups is 1. The maximum atomic E-state index is 12.6. The molecule has 0 saturated carbocycles. The lowest BCUT2D eigenvalue weighted by atomic mass is 10.0. The van der Waals surface area contributed by atoms with Gasteiger partial charge in [0.25, 0.3) is 0 Å². The van der Waals surface area contributed by atoms with Crippen molar-refractivity contribution >= 4 is 38.4 Å². The second-order valence-electron chi connectivity index (χ2n) is 6.85. The third-order valence-corrected chi connectivity index (χ3v) is 6.73. The van der Waals surface area contributed by atoms with Crippen molar-refractivity contribution in [3.63, 3.8) is 0 Å². The highest BCUT2D eigenvalue weighted by atomic mass is 32.2. The molecule has 25 heavy (non-hydrogen) atoms. The normalized spacial score (nSPS) is 18.6. The molecule has 1 saturated heterocycles. The van der Waals surface area contributed by atoms with E-state index in [0.29, 0.717) is 12.3 Å². The van der Waals surface area contributed by atoms with Gasteiger partial charge < -0.3 is 9.47 Å². The number of carbonyl (C=O) groups is 1. The van der Waals surface area contributed by atoms with Gasteiger partial charge in [-0.25, -0.2) is 8.42 Å². The average Bonchev–Trinajstić information content (AvgIpc) is 2.88. The summed E-state index contributed by atoms with van der Waals surface area (Å²) in [7, 11) is -0.987. The minimum atomic E-state index is -3.00. The first-order valence-corrected chi connectivity index (χ1v) is 11.5. The van der Waals surface area contributed by atoms with E-state index in [1.807, 2.05) is 24.1 Å². The lowest BCUT2D eigenvalue weighted by Crippen LogP contribution is -2.42. The van der Waals surface area contributed by atoms with Crippen molar-refractivity contribution in [1.82, 2.24) is 9.47 Å². The Morgan fingerprint density at radius 2 is 2.08 bits per heavy atom. The van der Waals surface area contributed by atoms with Crippen LogP contribution in [0.5, 0.6) is 0 Å². The molecule has 1 atom stereocenters. The van der Waals surface area contributed by atoms with Crippen molar-refractivity contribution in [2.24, 2.45) is 13.0 Å². The van der Waals surface area contributed by atoms with Crippen LogP contribution in [-0.2, 0) is 21.7 Å². The van der Waals surface area contributed by atoms with Gasteiger partial charge in [-0.1, -0.05) is 18.2 Å². The Morgan fingerprint density at radius 3 is 2.84 bits per heavy atom. The molecule has 1 aromatic carbocycles. The van der Waals surface area contributed by atoms with Gasteiger partial charge in [-0.3, -0.25) is 4.79 Å². The Hall–Kier alpha value is -1.47. The number of fused-ring (bicyclic) bond motifs is 1. The van der Waals surface area contributed by atoms with E-state index in [0.717, 1.165) is 35.2 Å². The Morgan fingerprint density at radius 1 is 1.32 bits per heavy atom. The number of aromatic nitrogens is 1. The summed E-state index contributed by atoms with van der Waals surface area (Å²) in [6.45, 7) is 1.29. The number of aryl methyl sites for hydroxylation is 1. The molecule has 0 N–H and O–H groups in total. The van der Waals surface area contributed by atoms with Gasteiger partial charge in [0.1, 0.15) is 9.84 Å². The summed E-state index contributed by atoms with van der Waals surface area (Å²) in [5, 5.41) is 1.16. The Kier molecular flexibility index (Phi) is 5.43. The highest BCUT2D eigenvalue weighted by Crippen LogP contribution is 2.30. The third kappa shape index (κ3) is 4.58. The fourth-order valence-electron chi connectivity index (χ4n) is 3.51. The van der Waals surface area contributed by atoms with Crippen LogP contribution in [0.3, 0.4) is 0 Å². The van der Waals surface area contributed by atoms with Gasteiger partial charge in [-0.2, -0.15) is 0 Å². The number of carbonyl (C=O) groups excluding carboxylic acids is 1. The van der Waals surface area contributed by atoms with Crippen molar-refractivity contribution in [1.29, 1.82) is 0 Å². The second-order valence-corrected chi connectivity index (χ2v) is 10.1. The number of sulfone groups is 1. The fourth-order valence-corrected chi connectivity index (χ4v) is 5.66.